The number of carbonyl (C=O) groups excluding carboxylic acids is 1. The van der Waals surface area contributed by atoms with E-state index in [4.69, 9.17) is 4.84 Å². The van der Waals surface area contributed by atoms with Crippen LogP contribution in [-0.4, -0.2) is 44.5 Å². The van der Waals surface area contributed by atoms with Crippen molar-refractivity contribution in [3.05, 3.63) is 59.7 Å². The topological polar surface area (TPSA) is 88.1 Å². The van der Waals surface area contributed by atoms with Crippen molar-refractivity contribution < 1.29 is 18.0 Å². The molecule has 8 heteroatoms. The molecule has 0 saturated heterocycles. The normalized spacial score (nSPS) is 11.7. The molecule has 0 fully saturated rings. The van der Waals surface area contributed by atoms with Gasteiger partial charge < -0.3 is 10.2 Å². The monoisotopic (exact) mass is 403 g/mol. The summed E-state index contributed by atoms with van der Waals surface area (Å²) in [5, 5.41) is 6.38. The Morgan fingerprint density at radius 1 is 1.14 bits per heavy atom. The largest absolute Gasteiger partial charge is 0.386 e. The van der Waals surface area contributed by atoms with Gasteiger partial charge in [0, 0.05) is 18.8 Å². The highest BCUT2D eigenvalue weighted by molar-refractivity contribution is 7.89. The Kier molecular flexibility index (Phi) is 7.71. The Bertz CT molecular complexity index is 921. The fourth-order valence-corrected chi connectivity index (χ4v) is 3.99. The van der Waals surface area contributed by atoms with Crippen LogP contribution in [0.1, 0.15) is 25.0 Å². The minimum atomic E-state index is -3.59. The number of hydrogen-bond acceptors (Lipinski definition) is 5. The summed E-state index contributed by atoms with van der Waals surface area (Å²) in [6, 6.07) is 13.8. The third-order valence-corrected chi connectivity index (χ3v) is 6.06. The summed E-state index contributed by atoms with van der Waals surface area (Å²) < 4.78 is 26.5. The third kappa shape index (κ3) is 5.90. The Morgan fingerprint density at radius 2 is 1.82 bits per heavy atom. The number of rotatable bonds is 9. The van der Waals surface area contributed by atoms with Gasteiger partial charge in [0.05, 0.1) is 11.1 Å². The maximum absolute atomic E-state index is 12.6. The van der Waals surface area contributed by atoms with Crippen molar-refractivity contribution in [3.8, 4) is 0 Å². The molecular weight excluding hydrogens is 378 g/mol. The predicted molar refractivity (Wildman–Crippen MR) is 110 cm³/mol. The standard InChI is InChI=1S/C20H25N3O4S/c1-4-23(5-2)28(25,26)19-8-6-7-18(13-19)22-20(24)15-27-21-14-17-11-9-16(3)10-12-17/h6-14H,4-5,15H2,1-3H3,(H,22,24)/b21-14-. The highest BCUT2D eigenvalue weighted by atomic mass is 32.2. The number of benzene rings is 2. The van der Waals surface area contributed by atoms with Gasteiger partial charge in [0.1, 0.15) is 0 Å². The molecule has 0 unspecified atom stereocenters. The molecule has 0 spiro atoms. The summed E-state index contributed by atoms with van der Waals surface area (Å²) in [4.78, 5) is 17.1. The third-order valence-electron chi connectivity index (χ3n) is 4.01. The van der Waals surface area contributed by atoms with Crippen LogP contribution >= 0.6 is 0 Å². The molecule has 0 aliphatic carbocycles. The number of aryl methyl sites for hydroxylation is 1. The molecule has 28 heavy (non-hydrogen) atoms. The van der Waals surface area contributed by atoms with E-state index in [1.807, 2.05) is 31.2 Å². The van der Waals surface area contributed by atoms with Crippen molar-refractivity contribution >= 4 is 27.8 Å². The lowest BCUT2D eigenvalue weighted by Gasteiger charge is -2.18. The summed E-state index contributed by atoms with van der Waals surface area (Å²) in [5.41, 5.74) is 2.38. The zero-order valence-corrected chi connectivity index (χ0v) is 17.1. The van der Waals surface area contributed by atoms with Gasteiger partial charge in [-0.2, -0.15) is 4.31 Å². The molecular formula is C20H25N3O4S. The maximum atomic E-state index is 12.6. The molecule has 1 N–H and O–H groups in total. The second-order valence-corrected chi connectivity index (χ2v) is 8.02. The first kappa shape index (κ1) is 21.6. The Morgan fingerprint density at radius 3 is 2.46 bits per heavy atom. The van der Waals surface area contributed by atoms with Gasteiger partial charge in [-0.1, -0.05) is 54.9 Å². The average Bonchev–Trinajstić information content (AvgIpc) is 2.67. The van der Waals surface area contributed by atoms with E-state index in [0.717, 1.165) is 11.1 Å². The molecule has 1 amide bonds. The van der Waals surface area contributed by atoms with Crippen LogP contribution in [-0.2, 0) is 19.7 Å². The fraction of sp³-hybridized carbons (Fsp3) is 0.300. The van der Waals surface area contributed by atoms with E-state index in [1.54, 1.807) is 26.0 Å². The number of nitrogens with one attached hydrogen (secondary N) is 1. The van der Waals surface area contributed by atoms with Crippen LogP contribution in [0.2, 0.25) is 0 Å². The number of sulfonamides is 1. The molecule has 2 aromatic carbocycles. The molecule has 150 valence electrons. The van der Waals surface area contributed by atoms with Crippen molar-refractivity contribution in [2.24, 2.45) is 5.16 Å². The quantitative estimate of drug-likeness (QED) is 0.515. The first-order valence-corrected chi connectivity index (χ1v) is 10.4. The smallest absolute Gasteiger partial charge is 0.265 e. The van der Waals surface area contributed by atoms with Crippen LogP contribution in [0.5, 0.6) is 0 Å². The van der Waals surface area contributed by atoms with Gasteiger partial charge in [0.2, 0.25) is 10.0 Å². The first-order valence-electron chi connectivity index (χ1n) is 8.99. The van der Waals surface area contributed by atoms with Gasteiger partial charge in [-0.3, -0.25) is 4.79 Å². The summed E-state index contributed by atoms with van der Waals surface area (Å²) in [6.07, 6.45) is 1.52. The molecule has 2 rings (SSSR count). The lowest BCUT2D eigenvalue weighted by molar-refractivity contribution is -0.120. The van der Waals surface area contributed by atoms with Crippen molar-refractivity contribution in [1.82, 2.24) is 4.31 Å². The van der Waals surface area contributed by atoms with Gasteiger partial charge in [-0.05, 0) is 30.7 Å². The lowest BCUT2D eigenvalue weighted by atomic mass is 10.2. The minimum absolute atomic E-state index is 0.132. The highest BCUT2D eigenvalue weighted by Crippen LogP contribution is 2.19. The van der Waals surface area contributed by atoms with E-state index in [-0.39, 0.29) is 11.5 Å². The fourth-order valence-electron chi connectivity index (χ4n) is 2.49. The lowest BCUT2D eigenvalue weighted by Crippen LogP contribution is -2.30. The SMILES string of the molecule is CCN(CC)S(=O)(=O)c1cccc(NC(=O)CO/N=C\c2ccc(C)cc2)c1. The molecule has 0 aliphatic heterocycles. The second kappa shape index (κ2) is 10.0. The molecule has 7 nitrogen and oxygen atoms in total. The van der Waals surface area contributed by atoms with Crippen LogP contribution < -0.4 is 5.32 Å². The van der Waals surface area contributed by atoms with Gasteiger partial charge in [-0.25, -0.2) is 8.42 Å². The molecule has 0 atom stereocenters. The molecule has 2 aromatic rings. The van der Waals surface area contributed by atoms with Crippen LogP contribution in [0.15, 0.2) is 58.6 Å². The van der Waals surface area contributed by atoms with Crippen molar-refractivity contribution in [2.75, 3.05) is 25.0 Å². The van der Waals surface area contributed by atoms with Gasteiger partial charge in [-0.15, -0.1) is 0 Å². The number of oxime groups is 1. The molecule has 0 aliphatic rings. The summed E-state index contributed by atoms with van der Waals surface area (Å²) in [6.45, 7) is 6.02. The van der Waals surface area contributed by atoms with Crippen molar-refractivity contribution in [2.45, 2.75) is 25.7 Å². The van der Waals surface area contributed by atoms with E-state index in [0.29, 0.717) is 18.8 Å². The number of amides is 1. The summed E-state index contributed by atoms with van der Waals surface area (Å²) in [7, 11) is -3.59. The first-order chi connectivity index (χ1) is 13.4. The molecule has 0 saturated carbocycles. The molecule has 0 aromatic heterocycles. The van der Waals surface area contributed by atoms with E-state index in [2.05, 4.69) is 10.5 Å². The van der Waals surface area contributed by atoms with Gasteiger partial charge in [0.15, 0.2) is 6.61 Å². The zero-order chi connectivity index (χ0) is 20.6. The Hall–Kier alpha value is -2.71. The Balaban J connectivity index is 1.94. The van der Waals surface area contributed by atoms with E-state index >= 15 is 0 Å². The van der Waals surface area contributed by atoms with Crippen molar-refractivity contribution in [1.29, 1.82) is 0 Å². The van der Waals surface area contributed by atoms with E-state index < -0.39 is 15.9 Å². The average molecular weight is 404 g/mol. The van der Waals surface area contributed by atoms with Gasteiger partial charge >= 0.3 is 0 Å². The Labute approximate surface area is 166 Å². The second-order valence-electron chi connectivity index (χ2n) is 6.08. The maximum Gasteiger partial charge on any atom is 0.265 e. The van der Waals surface area contributed by atoms with Crippen LogP contribution in [0, 0.1) is 6.92 Å². The van der Waals surface area contributed by atoms with Crippen LogP contribution in [0.3, 0.4) is 0 Å². The number of carbonyl (C=O) groups is 1. The highest BCUT2D eigenvalue weighted by Gasteiger charge is 2.21. The van der Waals surface area contributed by atoms with E-state index in [1.165, 1.54) is 22.7 Å². The molecule has 0 radical (unpaired) electrons. The van der Waals surface area contributed by atoms with Crippen LogP contribution in [0.4, 0.5) is 5.69 Å². The van der Waals surface area contributed by atoms with E-state index in [9.17, 15) is 13.2 Å². The predicted octanol–water partition coefficient (Wildman–Crippen LogP) is 3.01. The summed E-state index contributed by atoms with van der Waals surface area (Å²) >= 11 is 0. The van der Waals surface area contributed by atoms with Gasteiger partial charge in [0.25, 0.3) is 5.91 Å². The number of nitrogens with zero attached hydrogens (tertiary/aromatic N) is 2. The molecule has 0 bridgehead atoms. The molecule has 0 heterocycles. The number of hydrogen-bond donors (Lipinski definition) is 1. The van der Waals surface area contributed by atoms with Crippen molar-refractivity contribution in [3.63, 3.8) is 0 Å². The minimum Gasteiger partial charge on any atom is -0.386 e. The summed E-state index contributed by atoms with van der Waals surface area (Å²) in [5.74, 6) is -0.432. The zero-order valence-electron chi connectivity index (χ0n) is 16.3. The number of anilines is 1. The van der Waals surface area contributed by atoms with Crippen LogP contribution in [0.25, 0.3) is 0 Å².